The average Bonchev–Trinajstić information content (AvgIpc) is 3.54. The second-order valence-electron chi connectivity index (χ2n) is 8.12. The molecule has 7 nitrogen and oxygen atoms in total. The largest absolute Gasteiger partial charge is 0.459 e. The average molecular weight is 551 g/mol. The summed E-state index contributed by atoms with van der Waals surface area (Å²) in [6, 6.07) is 14.5. The van der Waals surface area contributed by atoms with Crippen LogP contribution >= 0.6 is 24.0 Å². The first-order valence-corrected chi connectivity index (χ1v) is 11.4. The Morgan fingerprint density at radius 1 is 1.00 bits per heavy atom. The second kappa shape index (κ2) is 12.2. The highest BCUT2D eigenvalue weighted by Gasteiger charge is 2.27. The summed E-state index contributed by atoms with van der Waals surface area (Å²) in [6.45, 7) is 8.79. The van der Waals surface area contributed by atoms with E-state index >= 15 is 0 Å². The first-order valence-electron chi connectivity index (χ1n) is 11.4. The van der Waals surface area contributed by atoms with Gasteiger partial charge in [0.15, 0.2) is 11.7 Å². The quantitative estimate of drug-likeness (QED) is 0.339. The van der Waals surface area contributed by atoms with Gasteiger partial charge in [-0.25, -0.2) is 0 Å². The van der Waals surface area contributed by atoms with Crippen molar-refractivity contribution in [3.05, 3.63) is 60.1 Å². The number of benzene rings is 1. The standard InChI is InChI=1S/C24H33N5O2.HI/c1-2-25-24(29-16-14-28(15-17-29)23(30)22-11-8-18-31-22)26-19-21(27-12-6-7-13-27)20-9-4-3-5-10-20;/h3-5,8-11,18,21H,2,6-7,12-17,19H2,1H3,(H,25,26);1H. The number of furan rings is 1. The van der Waals surface area contributed by atoms with Gasteiger partial charge in [-0.1, -0.05) is 30.3 Å². The van der Waals surface area contributed by atoms with Crippen molar-refractivity contribution >= 4 is 35.8 Å². The molecule has 2 aliphatic heterocycles. The molecule has 32 heavy (non-hydrogen) atoms. The summed E-state index contributed by atoms with van der Waals surface area (Å²) in [4.78, 5) is 24.3. The molecule has 174 valence electrons. The van der Waals surface area contributed by atoms with Crippen LogP contribution in [0.15, 0.2) is 58.1 Å². The third-order valence-corrected chi connectivity index (χ3v) is 6.11. The zero-order valence-electron chi connectivity index (χ0n) is 18.8. The SMILES string of the molecule is CCNC(=NCC(c1ccccc1)N1CCCC1)N1CCN(C(=O)c2ccco2)CC1.I. The summed E-state index contributed by atoms with van der Waals surface area (Å²) >= 11 is 0. The highest BCUT2D eigenvalue weighted by molar-refractivity contribution is 14.0. The van der Waals surface area contributed by atoms with E-state index < -0.39 is 0 Å². The molecule has 2 fully saturated rings. The highest BCUT2D eigenvalue weighted by Crippen LogP contribution is 2.25. The molecule has 1 aromatic heterocycles. The Bertz CT molecular complexity index is 845. The molecule has 1 aromatic carbocycles. The number of carbonyl (C=O) groups is 1. The number of carbonyl (C=O) groups excluding carboxylic acids is 1. The second-order valence-corrected chi connectivity index (χ2v) is 8.12. The van der Waals surface area contributed by atoms with Crippen LogP contribution in [-0.2, 0) is 0 Å². The zero-order valence-corrected chi connectivity index (χ0v) is 21.1. The van der Waals surface area contributed by atoms with Gasteiger partial charge in [-0.3, -0.25) is 14.7 Å². The number of likely N-dealkylation sites (tertiary alicyclic amines) is 1. The fraction of sp³-hybridized carbons (Fsp3) is 0.500. The van der Waals surface area contributed by atoms with Crippen molar-refractivity contribution in [2.24, 2.45) is 4.99 Å². The third kappa shape index (κ3) is 6.04. The molecule has 0 aliphatic carbocycles. The van der Waals surface area contributed by atoms with Crippen molar-refractivity contribution < 1.29 is 9.21 Å². The van der Waals surface area contributed by atoms with E-state index in [1.165, 1.54) is 18.4 Å². The molecule has 1 amide bonds. The Labute approximate surface area is 207 Å². The van der Waals surface area contributed by atoms with Crippen LogP contribution in [0.4, 0.5) is 0 Å². The van der Waals surface area contributed by atoms with Crippen molar-refractivity contribution in [3.63, 3.8) is 0 Å². The van der Waals surface area contributed by atoms with Crippen molar-refractivity contribution in [1.82, 2.24) is 20.0 Å². The van der Waals surface area contributed by atoms with Crippen molar-refractivity contribution in [1.29, 1.82) is 0 Å². The van der Waals surface area contributed by atoms with E-state index in [4.69, 9.17) is 9.41 Å². The summed E-state index contributed by atoms with van der Waals surface area (Å²) in [5, 5.41) is 3.46. The molecular weight excluding hydrogens is 517 g/mol. The minimum atomic E-state index is -0.0373. The predicted molar refractivity (Wildman–Crippen MR) is 138 cm³/mol. The number of aliphatic imine (C=N–C) groups is 1. The monoisotopic (exact) mass is 551 g/mol. The summed E-state index contributed by atoms with van der Waals surface area (Å²) in [6.07, 6.45) is 4.07. The van der Waals surface area contributed by atoms with E-state index in [2.05, 4.69) is 52.4 Å². The highest BCUT2D eigenvalue weighted by atomic mass is 127. The minimum Gasteiger partial charge on any atom is -0.459 e. The maximum atomic E-state index is 12.5. The van der Waals surface area contributed by atoms with Gasteiger partial charge in [0, 0.05) is 32.7 Å². The Hall–Kier alpha value is -2.07. The maximum Gasteiger partial charge on any atom is 0.289 e. The molecule has 8 heteroatoms. The van der Waals surface area contributed by atoms with Gasteiger partial charge in [0.2, 0.25) is 0 Å². The van der Waals surface area contributed by atoms with Gasteiger partial charge in [0.1, 0.15) is 0 Å². The number of nitrogens with one attached hydrogen (secondary N) is 1. The number of nitrogens with zero attached hydrogens (tertiary/aromatic N) is 4. The van der Waals surface area contributed by atoms with Crippen molar-refractivity contribution in [3.8, 4) is 0 Å². The molecule has 2 saturated heterocycles. The molecule has 1 atom stereocenters. The number of piperazine rings is 1. The molecule has 2 aliphatic rings. The van der Waals surface area contributed by atoms with Crippen LogP contribution in [-0.4, -0.2) is 78.9 Å². The van der Waals surface area contributed by atoms with Gasteiger partial charge in [0.25, 0.3) is 5.91 Å². The topological polar surface area (TPSA) is 64.3 Å². The van der Waals surface area contributed by atoms with E-state index in [1.807, 2.05) is 4.90 Å². The van der Waals surface area contributed by atoms with Gasteiger partial charge < -0.3 is 19.5 Å². The van der Waals surface area contributed by atoms with Crippen molar-refractivity contribution in [2.75, 3.05) is 52.4 Å². The number of amides is 1. The lowest BCUT2D eigenvalue weighted by molar-refractivity contribution is 0.0657. The van der Waals surface area contributed by atoms with E-state index in [-0.39, 0.29) is 29.9 Å². The summed E-state index contributed by atoms with van der Waals surface area (Å²) in [5.41, 5.74) is 1.33. The summed E-state index contributed by atoms with van der Waals surface area (Å²) < 4.78 is 5.27. The number of rotatable bonds is 6. The predicted octanol–water partition coefficient (Wildman–Crippen LogP) is 3.46. The van der Waals surface area contributed by atoms with Gasteiger partial charge in [-0.05, 0) is 50.6 Å². The number of guanidine groups is 1. The zero-order chi connectivity index (χ0) is 21.5. The molecule has 4 rings (SSSR count). The van der Waals surface area contributed by atoms with E-state index in [9.17, 15) is 4.79 Å². The van der Waals surface area contributed by atoms with Gasteiger partial charge in [-0.2, -0.15) is 0 Å². The molecule has 2 aromatic rings. The Balaban J connectivity index is 0.00000289. The van der Waals surface area contributed by atoms with Crippen LogP contribution in [0, 0.1) is 0 Å². The van der Waals surface area contributed by atoms with E-state index in [0.717, 1.165) is 45.2 Å². The Kier molecular flexibility index (Phi) is 9.40. The van der Waals surface area contributed by atoms with Crippen LogP contribution in [0.2, 0.25) is 0 Å². The van der Waals surface area contributed by atoms with Gasteiger partial charge in [0.05, 0.1) is 18.8 Å². The molecule has 3 heterocycles. The lowest BCUT2D eigenvalue weighted by atomic mass is 10.1. The lowest BCUT2D eigenvalue weighted by Crippen LogP contribution is -2.53. The van der Waals surface area contributed by atoms with Gasteiger partial charge in [-0.15, -0.1) is 24.0 Å². The minimum absolute atomic E-state index is 0. The van der Waals surface area contributed by atoms with E-state index in [1.54, 1.807) is 18.4 Å². The maximum absolute atomic E-state index is 12.5. The molecule has 0 spiro atoms. The Morgan fingerprint density at radius 2 is 1.69 bits per heavy atom. The molecule has 0 saturated carbocycles. The van der Waals surface area contributed by atoms with Crippen LogP contribution in [0.3, 0.4) is 0 Å². The van der Waals surface area contributed by atoms with Crippen LogP contribution in [0.25, 0.3) is 0 Å². The number of hydrogen-bond acceptors (Lipinski definition) is 4. The third-order valence-electron chi connectivity index (χ3n) is 6.11. The molecular formula is C24H34IN5O2. The molecule has 1 unspecified atom stereocenters. The fourth-order valence-electron chi connectivity index (χ4n) is 4.44. The summed E-state index contributed by atoms with van der Waals surface area (Å²) in [5.74, 6) is 1.31. The van der Waals surface area contributed by atoms with Crippen LogP contribution in [0.1, 0.15) is 41.9 Å². The number of hydrogen-bond donors (Lipinski definition) is 1. The van der Waals surface area contributed by atoms with Crippen LogP contribution < -0.4 is 5.32 Å². The van der Waals surface area contributed by atoms with Gasteiger partial charge >= 0.3 is 0 Å². The van der Waals surface area contributed by atoms with E-state index in [0.29, 0.717) is 24.9 Å². The summed E-state index contributed by atoms with van der Waals surface area (Å²) in [7, 11) is 0. The molecule has 1 N–H and O–H groups in total. The lowest BCUT2D eigenvalue weighted by Gasteiger charge is -2.36. The first kappa shape index (κ1) is 24.6. The normalized spacial score (nSPS) is 18.3. The smallest absolute Gasteiger partial charge is 0.289 e. The van der Waals surface area contributed by atoms with Crippen molar-refractivity contribution in [2.45, 2.75) is 25.8 Å². The first-order chi connectivity index (χ1) is 15.3. The Morgan fingerprint density at radius 3 is 2.31 bits per heavy atom. The molecule has 0 radical (unpaired) electrons. The fourth-order valence-corrected chi connectivity index (χ4v) is 4.44. The molecule has 0 bridgehead atoms. The number of halogens is 1. The van der Waals surface area contributed by atoms with Crippen LogP contribution in [0.5, 0.6) is 0 Å².